The monoisotopic (exact) mass is 391 g/mol. The number of hydrogen-bond acceptors (Lipinski definition) is 4. The molecule has 1 aromatic carbocycles. The first-order valence-corrected chi connectivity index (χ1v) is 10.4. The molecule has 29 heavy (non-hydrogen) atoms. The fraction of sp³-hybridized carbons (Fsp3) is 0.435. The van der Waals surface area contributed by atoms with Gasteiger partial charge in [-0.15, -0.1) is 0 Å². The van der Waals surface area contributed by atoms with Gasteiger partial charge in [0.1, 0.15) is 0 Å². The minimum absolute atomic E-state index is 0.0709. The summed E-state index contributed by atoms with van der Waals surface area (Å²) in [6.07, 6.45) is 2.85. The van der Waals surface area contributed by atoms with Gasteiger partial charge in [-0.1, -0.05) is 24.3 Å². The van der Waals surface area contributed by atoms with Gasteiger partial charge in [0.15, 0.2) is 5.65 Å². The van der Waals surface area contributed by atoms with E-state index in [1.54, 1.807) is 6.20 Å². The number of carbonyl (C=O) groups is 1. The van der Waals surface area contributed by atoms with E-state index in [-0.39, 0.29) is 18.0 Å². The van der Waals surface area contributed by atoms with Crippen LogP contribution in [0.2, 0.25) is 0 Å². The van der Waals surface area contributed by atoms with Crippen molar-refractivity contribution in [3.63, 3.8) is 0 Å². The van der Waals surface area contributed by atoms with Crippen LogP contribution in [0.1, 0.15) is 54.0 Å². The van der Waals surface area contributed by atoms with Crippen LogP contribution in [-0.2, 0) is 13.0 Å². The van der Waals surface area contributed by atoms with Gasteiger partial charge >= 0.3 is 0 Å². The standard InChI is InChI=1S/C23H29N5O/c1-15(2)28-22-20(13-25-28)11-21(17(4)26-22)23(29)24-12-16(3)27-10-9-18-7-5-6-8-19(18)14-27/h5-8,11,13,15-16H,9-10,12,14H2,1-4H3,(H,24,29). The molecule has 0 aliphatic carbocycles. The summed E-state index contributed by atoms with van der Waals surface area (Å²) in [6, 6.07) is 11.0. The Hall–Kier alpha value is -2.73. The zero-order valence-electron chi connectivity index (χ0n) is 17.6. The lowest BCUT2D eigenvalue weighted by atomic mass is 9.99. The molecule has 0 spiro atoms. The van der Waals surface area contributed by atoms with Gasteiger partial charge in [0.2, 0.25) is 0 Å². The molecular formula is C23H29N5O. The second kappa shape index (κ2) is 7.95. The molecule has 1 unspecified atom stereocenters. The summed E-state index contributed by atoms with van der Waals surface area (Å²) in [5, 5.41) is 8.41. The Labute approximate surface area is 171 Å². The zero-order chi connectivity index (χ0) is 20.5. The highest BCUT2D eigenvalue weighted by atomic mass is 16.1. The molecule has 0 saturated carbocycles. The number of carbonyl (C=O) groups excluding carboxylic acids is 1. The number of benzene rings is 1. The lowest BCUT2D eigenvalue weighted by Gasteiger charge is -2.33. The Bertz CT molecular complexity index is 1040. The first kappa shape index (κ1) is 19.6. The first-order valence-electron chi connectivity index (χ1n) is 10.4. The van der Waals surface area contributed by atoms with Crippen molar-refractivity contribution in [2.75, 3.05) is 13.1 Å². The predicted molar refractivity (Wildman–Crippen MR) is 115 cm³/mol. The van der Waals surface area contributed by atoms with Crippen LogP contribution in [0.3, 0.4) is 0 Å². The number of rotatable bonds is 5. The molecule has 4 rings (SSSR count). The normalized spacial score (nSPS) is 15.5. The highest BCUT2D eigenvalue weighted by Crippen LogP contribution is 2.21. The van der Waals surface area contributed by atoms with Gasteiger partial charge < -0.3 is 5.32 Å². The third-order valence-corrected chi connectivity index (χ3v) is 5.83. The molecule has 3 aromatic rings. The number of pyridine rings is 1. The molecule has 0 radical (unpaired) electrons. The van der Waals surface area contributed by atoms with Crippen molar-refractivity contribution < 1.29 is 4.79 Å². The zero-order valence-corrected chi connectivity index (χ0v) is 17.6. The number of amides is 1. The van der Waals surface area contributed by atoms with E-state index >= 15 is 0 Å². The number of nitrogens with one attached hydrogen (secondary N) is 1. The van der Waals surface area contributed by atoms with E-state index in [1.807, 2.05) is 17.7 Å². The average molecular weight is 392 g/mol. The third kappa shape index (κ3) is 3.90. The molecular weight excluding hydrogens is 362 g/mol. The SMILES string of the molecule is Cc1nc2c(cnn2C(C)C)cc1C(=O)NCC(C)N1CCc2ccccc2C1. The molecule has 2 aromatic heterocycles. The van der Waals surface area contributed by atoms with Crippen molar-refractivity contribution in [1.82, 2.24) is 25.0 Å². The second-order valence-corrected chi connectivity index (χ2v) is 8.27. The Balaban J connectivity index is 1.43. The van der Waals surface area contributed by atoms with Gasteiger partial charge in [-0.2, -0.15) is 5.10 Å². The highest BCUT2D eigenvalue weighted by Gasteiger charge is 2.21. The summed E-state index contributed by atoms with van der Waals surface area (Å²) in [6.45, 7) is 10.8. The van der Waals surface area contributed by atoms with E-state index in [1.165, 1.54) is 11.1 Å². The van der Waals surface area contributed by atoms with Crippen LogP contribution >= 0.6 is 0 Å². The van der Waals surface area contributed by atoms with Crippen LogP contribution in [0.5, 0.6) is 0 Å². The van der Waals surface area contributed by atoms with Crippen molar-refractivity contribution in [3.8, 4) is 0 Å². The summed E-state index contributed by atoms with van der Waals surface area (Å²) >= 11 is 0. The number of aryl methyl sites for hydroxylation is 1. The van der Waals surface area contributed by atoms with Gasteiger partial charge in [0, 0.05) is 37.1 Å². The van der Waals surface area contributed by atoms with Crippen molar-refractivity contribution in [2.45, 2.75) is 52.7 Å². The Morgan fingerprint density at radius 1 is 1.21 bits per heavy atom. The van der Waals surface area contributed by atoms with Gasteiger partial charge in [-0.05, 0) is 51.3 Å². The minimum atomic E-state index is -0.0709. The molecule has 0 bridgehead atoms. The molecule has 1 aliphatic heterocycles. The summed E-state index contributed by atoms with van der Waals surface area (Å²) < 4.78 is 1.89. The fourth-order valence-corrected chi connectivity index (χ4v) is 4.03. The van der Waals surface area contributed by atoms with Crippen LogP contribution in [-0.4, -0.2) is 44.7 Å². The molecule has 1 amide bonds. The van der Waals surface area contributed by atoms with Crippen LogP contribution in [0, 0.1) is 6.92 Å². The topological polar surface area (TPSA) is 63.1 Å². The van der Waals surface area contributed by atoms with Crippen LogP contribution in [0.15, 0.2) is 36.5 Å². The highest BCUT2D eigenvalue weighted by molar-refractivity contribution is 5.98. The van der Waals surface area contributed by atoms with E-state index in [0.29, 0.717) is 12.1 Å². The van der Waals surface area contributed by atoms with E-state index in [2.05, 4.69) is 65.3 Å². The average Bonchev–Trinajstić information content (AvgIpc) is 3.13. The minimum Gasteiger partial charge on any atom is -0.350 e. The summed E-state index contributed by atoms with van der Waals surface area (Å²) in [7, 11) is 0. The quantitative estimate of drug-likeness (QED) is 0.723. The van der Waals surface area contributed by atoms with Crippen molar-refractivity contribution in [1.29, 1.82) is 0 Å². The lowest BCUT2D eigenvalue weighted by molar-refractivity contribution is 0.0931. The predicted octanol–water partition coefficient (Wildman–Crippen LogP) is 3.50. The second-order valence-electron chi connectivity index (χ2n) is 8.27. The van der Waals surface area contributed by atoms with E-state index < -0.39 is 0 Å². The lowest BCUT2D eigenvalue weighted by Crippen LogP contribution is -2.44. The molecule has 152 valence electrons. The Kier molecular flexibility index (Phi) is 5.37. The number of nitrogens with zero attached hydrogens (tertiary/aromatic N) is 4. The maximum absolute atomic E-state index is 12.8. The van der Waals surface area contributed by atoms with Gasteiger partial charge in [-0.3, -0.25) is 9.69 Å². The molecule has 1 aliphatic rings. The van der Waals surface area contributed by atoms with E-state index in [9.17, 15) is 4.79 Å². The largest absolute Gasteiger partial charge is 0.350 e. The van der Waals surface area contributed by atoms with Crippen LogP contribution < -0.4 is 5.32 Å². The number of hydrogen-bond donors (Lipinski definition) is 1. The van der Waals surface area contributed by atoms with Gasteiger partial charge in [0.25, 0.3) is 5.91 Å². The van der Waals surface area contributed by atoms with Gasteiger partial charge in [-0.25, -0.2) is 9.67 Å². The van der Waals surface area contributed by atoms with Crippen molar-refractivity contribution in [3.05, 3.63) is 58.9 Å². The fourth-order valence-electron chi connectivity index (χ4n) is 4.03. The molecule has 1 atom stereocenters. The van der Waals surface area contributed by atoms with Gasteiger partial charge in [0.05, 0.1) is 17.5 Å². The maximum Gasteiger partial charge on any atom is 0.253 e. The molecule has 6 heteroatoms. The number of fused-ring (bicyclic) bond motifs is 2. The molecule has 0 saturated heterocycles. The summed E-state index contributed by atoms with van der Waals surface area (Å²) in [4.78, 5) is 19.9. The van der Waals surface area contributed by atoms with Crippen molar-refractivity contribution in [2.24, 2.45) is 0 Å². The summed E-state index contributed by atoms with van der Waals surface area (Å²) in [5.74, 6) is -0.0709. The van der Waals surface area contributed by atoms with Crippen molar-refractivity contribution >= 4 is 16.9 Å². The maximum atomic E-state index is 12.8. The number of aromatic nitrogens is 3. The smallest absolute Gasteiger partial charge is 0.253 e. The Morgan fingerprint density at radius 2 is 1.97 bits per heavy atom. The molecule has 0 fully saturated rings. The van der Waals surface area contributed by atoms with Crippen LogP contribution in [0.25, 0.3) is 11.0 Å². The Morgan fingerprint density at radius 3 is 2.72 bits per heavy atom. The molecule has 6 nitrogen and oxygen atoms in total. The third-order valence-electron chi connectivity index (χ3n) is 5.83. The molecule has 3 heterocycles. The molecule has 1 N–H and O–H groups in total. The van der Waals surface area contributed by atoms with E-state index in [4.69, 9.17) is 0 Å². The van der Waals surface area contributed by atoms with E-state index in [0.717, 1.165) is 36.2 Å². The summed E-state index contributed by atoms with van der Waals surface area (Å²) in [5.41, 5.74) is 5.02. The van der Waals surface area contributed by atoms with Crippen LogP contribution in [0.4, 0.5) is 0 Å². The first-order chi connectivity index (χ1) is 13.9.